The predicted octanol–water partition coefficient (Wildman–Crippen LogP) is 3.41. The molecule has 108 valence electrons. The fourth-order valence-corrected chi connectivity index (χ4v) is 3.25. The number of sulfonamides is 1. The molecule has 0 bridgehead atoms. The molecule has 1 aromatic heterocycles. The van der Waals surface area contributed by atoms with E-state index >= 15 is 0 Å². The first kappa shape index (κ1) is 14.8. The molecule has 2 aromatic rings. The van der Waals surface area contributed by atoms with Crippen molar-refractivity contribution in [1.82, 2.24) is 4.72 Å². The Kier molecular flexibility index (Phi) is 4.62. The van der Waals surface area contributed by atoms with E-state index in [1.54, 1.807) is 42.7 Å². The van der Waals surface area contributed by atoms with Crippen LogP contribution in [0.4, 0.5) is 0 Å². The van der Waals surface area contributed by atoms with Gasteiger partial charge < -0.3 is 4.42 Å². The van der Waals surface area contributed by atoms with Crippen LogP contribution in [0.15, 0.2) is 52.0 Å². The summed E-state index contributed by atoms with van der Waals surface area (Å²) in [6, 6.07) is 10.0. The van der Waals surface area contributed by atoms with E-state index in [2.05, 4.69) is 4.72 Å². The SMILES string of the molecule is CCC[C@@H](NS(=O)(=O)c1ccc(C)cc1)c1ccco1. The van der Waals surface area contributed by atoms with E-state index in [1.165, 1.54) is 0 Å². The Hall–Kier alpha value is -1.59. The normalized spacial score (nSPS) is 13.3. The summed E-state index contributed by atoms with van der Waals surface area (Å²) in [6.45, 7) is 3.93. The second kappa shape index (κ2) is 6.24. The number of hydrogen-bond donors (Lipinski definition) is 1. The number of benzene rings is 1. The maximum atomic E-state index is 12.4. The molecule has 0 aliphatic carbocycles. The first-order chi connectivity index (χ1) is 9.53. The van der Waals surface area contributed by atoms with Crippen LogP contribution in [0.25, 0.3) is 0 Å². The monoisotopic (exact) mass is 293 g/mol. The van der Waals surface area contributed by atoms with Crippen LogP contribution in [0, 0.1) is 6.92 Å². The minimum atomic E-state index is -3.53. The van der Waals surface area contributed by atoms with Gasteiger partial charge >= 0.3 is 0 Å². The zero-order valence-corrected chi connectivity index (χ0v) is 12.5. The fourth-order valence-electron chi connectivity index (χ4n) is 2.01. The van der Waals surface area contributed by atoms with Crippen molar-refractivity contribution in [2.24, 2.45) is 0 Å². The molecular formula is C15H19NO3S. The van der Waals surface area contributed by atoms with Gasteiger partial charge in [-0.2, -0.15) is 0 Å². The Morgan fingerprint density at radius 3 is 2.45 bits per heavy atom. The van der Waals surface area contributed by atoms with E-state index in [1.807, 2.05) is 13.8 Å². The molecule has 1 aromatic carbocycles. The first-order valence-corrected chi connectivity index (χ1v) is 8.13. The molecule has 20 heavy (non-hydrogen) atoms. The van der Waals surface area contributed by atoms with Crippen LogP contribution in [0.1, 0.15) is 37.1 Å². The molecule has 5 heteroatoms. The average molecular weight is 293 g/mol. The smallest absolute Gasteiger partial charge is 0.241 e. The van der Waals surface area contributed by atoms with E-state index < -0.39 is 10.0 Å². The number of furan rings is 1. The fraction of sp³-hybridized carbons (Fsp3) is 0.333. The van der Waals surface area contributed by atoms with Crippen LogP contribution < -0.4 is 4.72 Å². The lowest BCUT2D eigenvalue weighted by Gasteiger charge is -2.16. The van der Waals surface area contributed by atoms with E-state index in [-0.39, 0.29) is 10.9 Å². The molecule has 0 fully saturated rings. The largest absolute Gasteiger partial charge is 0.468 e. The number of nitrogens with one attached hydrogen (secondary N) is 1. The summed E-state index contributed by atoms with van der Waals surface area (Å²) in [5, 5.41) is 0. The highest BCUT2D eigenvalue weighted by molar-refractivity contribution is 7.89. The van der Waals surface area contributed by atoms with Crippen molar-refractivity contribution in [3.63, 3.8) is 0 Å². The molecule has 1 N–H and O–H groups in total. The van der Waals surface area contributed by atoms with Crippen LogP contribution in [0.3, 0.4) is 0 Å². The molecule has 0 saturated heterocycles. The highest BCUT2D eigenvalue weighted by atomic mass is 32.2. The number of rotatable bonds is 6. The van der Waals surface area contributed by atoms with Gasteiger partial charge in [-0.25, -0.2) is 13.1 Å². The lowest BCUT2D eigenvalue weighted by molar-refractivity contribution is 0.426. The van der Waals surface area contributed by atoms with E-state index in [0.717, 1.165) is 12.0 Å². The highest BCUT2D eigenvalue weighted by Gasteiger charge is 2.22. The molecule has 2 rings (SSSR count). The Morgan fingerprint density at radius 2 is 1.90 bits per heavy atom. The summed E-state index contributed by atoms with van der Waals surface area (Å²) in [4.78, 5) is 0.274. The first-order valence-electron chi connectivity index (χ1n) is 6.65. The van der Waals surface area contributed by atoms with Gasteiger partial charge in [0.25, 0.3) is 0 Å². The zero-order valence-electron chi connectivity index (χ0n) is 11.7. The molecular weight excluding hydrogens is 274 g/mol. The number of hydrogen-bond acceptors (Lipinski definition) is 3. The van der Waals surface area contributed by atoms with Crippen molar-refractivity contribution in [3.8, 4) is 0 Å². The minimum Gasteiger partial charge on any atom is -0.468 e. The maximum Gasteiger partial charge on any atom is 0.241 e. The predicted molar refractivity (Wildman–Crippen MR) is 77.9 cm³/mol. The maximum absolute atomic E-state index is 12.4. The van der Waals surface area contributed by atoms with Crippen molar-refractivity contribution in [3.05, 3.63) is 54.0 Å². The van der Waals surface area contributed by atoms with Crippen LogP contribution >= 0.6 is 0 Å². The van der Waals surface area contributed by atoms with Crippen molar-refractivity contribution >= 4 is 10.0 Å². The van der Waals surface area contributed by atoms with E-state index in [0.29, 0.717) is 12.2 Å². The summed E-state index contributed by atoms with van der Waals surface area (Å²) in [5.74, 6) is 0.641. The van der Waals surface area contributed by atoms with Gasteiger partial charge in [-0.3, -0.25) is 0 Å². The molecule has 1 atom stereocenters. The summed E-state index contributed by atoms with van der Waals surface area (Å²) in [5.41, 5.74) is 1.03. The summed E-state index contributed by atoms with van der Waals surface area (Å²) in [7, 11) is -3.53. The molecule has 0 amide bonds. The molecule has 0 aliphatic heterocycles. The summed E-state index contributed by atoms with van der Waals surface area (Å²) < 4.78 is 32.8. The van der Waals surface area contributed by atoms with Gasteiger partial charge in [0.1, 0.15) is 5.76 Å². The van der Waals surface area contributed by atoms with Gasteiger partial charge in [0.05, 0.1) is 17.2 Å². The third-order valence-corrected chi connectivity index (χ3v) is 4.58. The third kappa shape index (κ3) is 3.49. The van der Waals surface area contributed by atoms with Crippen molar-refractivity contribution in [1.29, 1.82) is 0 Å². The van der Waals surface area contributed by atoms with Gasteiger partial charge in [-0.1, -0.05) is 31.0 Å². The lowest BCUT2D eigenvalue weighted by Crippen LogP contribution is -2.28. The Morgan fingerprint density at radius 1 is 1.20 bits per heavy atom. The van der Waals surface area contributed by atoms with Crippen LogP contribution in [-0.4, -0.2) is 8.42 Å². The van der Waals surface area contributed by atoms with E-state index in [9.17, 15) is 8.42 Å². The van der Waals surface area contributed by atoms with E-state index in [4.69, 9.17) is 4.42 Å². The molecule has 0 unspecified atom stereocenters. The van der Waals surface area contributed by atoms with Crippen molar-refractivity contribution < 1.29 is 12.8 Å². The molecule has 0 spiro atoms. The van der Waals surface area contributed by atoms with Crippen molar-refractivity contribution in [2.75, 3.05) is 0 Å². The van der Waals surface area contributed by atoms with Crippen LogP contribution in [-0.2, 0) is 10.0 Å². The second-order valence-corrected chi connectivity index (χ2v) is 6.51. The lowest BCUT2D eigenvalue weighted by atomic mass is 10.1. The summed E-state index contributed by atoms with van der Waals surface area (Å²) >= 11 is 0. The van der Waals surface area contributed by atoms with Crippen molar-refractivity contribution in [2.45, 2.75) is 37.6 Å². The van der Waals surface area contributed by atoms with Gasteiger partial charge in [-0.05, 0) is 37.6 Å². The zero-order chi connectivity index (χ0) is 14.6. The van der Waals surface area contributed by atoms with Gasteiger partial charge in [0, 0.05) is 0 Å². The minimum absolute atomic E-state index is 0.274. The van der Waals surface area contributed by atoms with Crippen LogP contribution in [0.5, 0.6) is 0 Å². The van der Waals surface area contributed by atoms with Gasteiger partial charge in [0.15, 0.2) is 0 Å². The quantitative estimate of drug-likeness (QED) is 0.888. The highest BCUT2D eigenvalue weighted by Crippen LogP contribution is 2.22. The molecule has 0 radical (unpaired) electrons. The standard InChI is InChI=1S/C15H19NO3S/c1-3-5-14(15-6-4-11-19-15)16-20(17,18)13-9-7-12(2)8-10-13/h4,6-11,14,16H,3,5H2,1-2H3/t14-/m1/s1. The van der Waals surface area contributed by atoms with Crippen LogP contribution in [0.2, 0.25) is 0 Å². The molecule has 4 nitrogen and oxygen atoms in total. The van der Waals surface area contributed by atoms with Gasteiger partial charge in [0.2, 0.25) is 10.0 Å². The average Bonchev–Trinajstić information content (AvgIpc) is 2.92. The second-order valence-electron chi connectivity index (χ2n) is 4.79. The topological polar surface area (TPSA) is 59.3 Å². The Balaban J connectivity index is 2.23. The van der Waals surface area contributed by atoms with Gasteiger partial charge in [-0.15, -0.1) is 0 Å². The summed E-state index contributed by atoms with van der Waals surface area (Å²) in [6.07, 6.45) is 3.11. The number of aryl methyl sites for hydroxylation is 1. The Bertz CT molecular complexity index is 630. The Labute approximate surface area is 119 Å². The molecule has 1 heterocycles. The molecule has 0 saturated carbocycles. The molecule has 0 aliphatic rings. The third-order valence-electron chi connectivity index (χ3n) is 3.09.